The van der Waals surface area contributed by atoms with Crippen LogP contribution in [0.2, 0.25) is 0 Å². The molecule has 14 atom stereocenters. The molecule has 368 valence electrons. The SMILES string of the molecule is CCOC1CC2(C)OC1(C(=O)NC[C@H]1O[C@@H](n3cnc4c(N)ncnc43)[C@H](O)[C@@H]1O)C(=O)N2C.CCOC1CC2(C)OC1(C(=O)NC[C@H]1O[C@@H](n3cnc4c(N)ncnc43)[C@H](O)[C@@H]1O)C(=O)N2C. The van der Waals surface area contributed by atoms with Crippen LogP contribution in [0.15, 0.2) is 25.3 Å². The Kier molecular flexibility index (Phi) is 11.8. The van der Waals surface area contributed by atoms with Gasteiger partial charge in [0, 0.05) is 53.2 Å². The lowest BCUT2D eigenvalue weighted by Gasteiger charge is -2.34. The highest BCUT2D eigenvalue weighted by Crippen LogP contribution is 2.50. The van der Waals surface area contributed by atoms with Gasteiger partial charge < -0.3 is 80.7 Å². The predicted molar refractivity (Wildman–Crippen MR) is 227 cm³/mol. The van der Waals surface area contributed by atoms with Crippen LogP contribution >= 0.6 is 0 Å². The largest absolute Gasteiger partial charge is 0.387 e. The van der Waals surface area contributed by atoms with E-state index < -0.39 is 108 Å². The summed E-state index contributed by atoms with van der Waals surface area (Å²) in [5.41, 5.74) is 7.37. The Morgan fingerprint density at radius 2 is 1.06 bits per heavy atom. The number of ether oxygens (including phenoxy) is 6. The Labute approximate surface area is 386 Å². The average molecular weight is 955 g/mol. The van der Waals surface area contributed by atoms with Crippen LogP contribution in [0, 0.1) is 0 Å². The molecule has 68 heavy (non-hydrogen) atoms. The molecule has 10 rings (SSSR count). The average Bonchev–Trinajstić information content (AvgIpc) is 4.20. The number of carbonyl (C=O) groups excluding carboxylic acids is 4. The number of hydrogen-bond acceptors (Lipinski definition) is 22. The number of nitrogens with one attached hydrogen (secondary N) is 2. The molecule has 4 amide bonds. The van der Waals surface area contributed by atoms with Gasteiger partial charge >= 0.3 is 0 Å². The number of anilines is 2. The van der Waals surface area contributed by atoms with Gasteiger partial charge in [0.1, 0.15) is 84.0 Å². The van der Waals surface area contributed by atoms with E-state index in [9.17, 15) is 39.6 Å². The van der Waals surface area contributed by atoms with Crippen molar-refractivity contribution in [2.75, 3.05) is 51.9 Å². The zero-order valence-electron chi connectivity index (χ0n) is 37.8. The monoisotopic (exact) mass is 954 g/mol. The summed E-state index contributed by atoms with van der Waals surface area (Å²) in [6.45, 7) is 7.26. The molecule has 6 aliphatic heterocycles. The third kappa shape index (κ3) is 6.95. The number of aromatic nitrogens is 8. The van der Waals surface area contributed by atoms with Crippen molar-refractivity contribution in [3.63, 3.8) is 0 Å². The third-order valence-electron chi connectivity index (χ3n) is 13.8. The van der Waals surface area contributed by atoms with Gasteiger partial charge in [-0.25, -0.2) is 29.9 Å². The summed E-state index contributed by atoms with van der Waals surface area (Å²) in [6.07, 6.45) is -4.91. The van der Waals surface area contributed by atoms with Crippen molar-refractivity contribution in [1.29, 1.82) is 0 Å². The zero-order chi connectivity index (χ0) is 48.8. The maximum atomic E-state index is 13.3. The number of hydrogen-bond donors (Lipinski definition) is 8. The number of fused-ring (bicyclic) bond motifs is 6. The first kappa shape index (κ1) is 47.3. The lowest BCUT2D eigenvalue weighted by Crippen LogP contribution is -2.62. The number of rotatable bonds is 12. The topological polar surface area (TPSA) is 374 Å². The third-order valence-corrected chi connectivity index (χ3v) is 13.8. The minimum atomic E-state index is -1.82. The van der Waals surface area contributed by atoms with E-state index in [2.05, 4.69) is 40.5 Å². The van der Waals surface area contributed by atoms with Gasteiger partial charge in [-0.2, -0.15) is 0 Å². The molecule has 0 spiro atoms. The Bertz CT molecular complexity index is 2460. The zero-order valence-corrected chi connectivity index (χ0v) is 37.8. The molecule has 4 aromatic rings. The van der Waals surface area contributed by atoms with Gasteiger partial charge in [-0.15, -0.1) is 0 Å². The molecule has 6 unspecified atom stereocenters. The van der Waals surface area contributed by atoms with Crippen LogP contribution in [0.25, 0.3) is 22.3 Å². The van der Waals surface area contributed by atoms with Gasteiger partial charge in [-0.3, -0.25) is 28.3 Å². The maximum absolute atomic E-state index is 13.3. The van der Waals surface area contributed by atoms with Gasteiger partial charge in [-0.1, -0.05) is 0 Å². The number of carbonyl (C=O) groups is 4. The molecule has 28 heteroatoms. The number of nitrogen functional groups attached to an aromatic ring is 2. The second-order valence-corrected chi connectivity index (χ2v) is 17.7. The number of likely N-dealkylation sites (tertiary alicyclic amines) is 2. The summed E-state index contributed by atoms with van der Waals surface area (Å²) >= 11 is 0. The number of nitrogens with zero attached hydrogens (tertiary/aromatic N) is 10. The summed E-state index contributed by atoms with van der Waals surface area (Å²) < 4.78 is 37.8. The van der Waals surface area contributed by atoms with Gasteiger partial charge in [0.05, 0.1) is 12.7 Å². The molecule has 4 aromatic heterocycles. The van der Waals surface area contributed by atoms with E-state index in [0.717, 1.165) is 0 Å². The van der Waals surface area contributed by atoms with Crippen LogP contribution in [0.3, 0.4) is 0 Å². The van der Waals surface area contributed by atoms with E-state index in [1.165, 1.54) is 44.2 Å². The molecule has 28 nitrogen and oxygen atoms in total. The van der Waals surface area contributed by atoms with Crippen LogP contribution < -0.4 is 22.1 Å². The van der Waals surface area contributed by atoms with Crippen LogP contribution in [0.4, 0.5) is 11.6 Å². The molecule has 10 heterocycles. The first-order chi connectivity index (χ1) is 32.3. The Morgan fingerprint density at radius 1 is 0.676 bits per heavy atom. The number of nitrogens with two attached hydrogens (primary N) is 2. The van der Waals surface area contributed by atoms with Crippen molar-refractivity contribution in [3.8, 4) is 0 Å². The number of imidazole rings is 2. The van der Waals surface area contributed by atoms with E-state index in [4.69, 9.17) is 39.9 Å². The molecule has 0 radical (unpaired) electrons. The normalized spacial score (nSPS) is 37.1. The fourth-order valence-electron chi connectivity index (χ4n) is 9.94. The standard InChI is InChI=1S/2C20H27N7O7/c2*1-4-32-10-5-19(2)26(3)18(31)20(10,34-19)17(30)22-6-9-12(28)13(29)16(33-9)27-8-25-11-14(21)23-7-24-15(11)27/h2*7-10,12-13,16,28-29H,4-6H2,1-3H3,(H,22,30)(H2,21,23,24)/t2*9-,10?,12-,13-,16-,19?,20?/m11/s1. The van der Waals surface area contributed by atoms with Crippen LogP contribution in [-0.2, 0) is 47.6 Å². The fraction of sp³-hybridized carbons (Fsp3) is 0.650. The van der Waals surface area contributed by atoms with Gasteiger partial charge in [-0.05, 0) is 27.7 Å². The van der Waals surface area contributed by atoms with Gasteiger partial charge in [0.2, 0.25) is 0 Å². The lowest BCUT2D eigenvalue weighted by atomic mass is 9.88. The highest BCUT2D eigenvalue weighted by Gasteiger charge is 2.74. The minimum absolute atomic E-state index is 0.165. The maximum Gasteiger partial charge on any atom is 0.269 e. The Balaban J connectivity index is 0.000000170. The molecule has 6 saturated heterocycles. The van der Waals surface area contributed by atoms with Crippen molar-refractivity contribution in [1.82, 2.24) is 59.5 Å². The Hall–Kier alpha value is -5.82. The van der Waals surface area contributed by atoms with Gasteiger partial charge in [0.25, 0.3) is 34.8 Å². The molecule has 6 aliphatic rings. The number of aliphatic hydroxyl groups is 4. The second kappa shape index (κ2) is 17.0. The number of aliphatic hydroxyl groups excluding tert-OH is 4. The molecule has 10 N–H and O–H groups in total. The summed E-state index contributed by atoms with van der Waals surface area (Å²) in [5.74, 6) is -2.04. The van der Waals surface area contributed by atoms with E-state index >= 15 is 0 Å². The molecule has 0 aliphatic carbocycles. The number of piperidine rings is 2. The quantitative estimate of drug-likeness (QED) is 0.0624. The van der Waals surface area contributed by atoms with Crippen LogP contribution in [0.5, 0.6) is 0 Å². The highest BCUT2D eigenvalue weighted by atomic mass is 16.6. The Morgan fingerprint density at radius 3 is 1.41 bits per heavy atom. The van der Waals surface area contributed by atoms with E-state index in [-0.39, 0.29) is 24.7 Å². The van der Waals surface area contributed by atoms with E-state index in [1.807, 2.05) is 0 Å². The van der Waals surface area contributed by atoms with Crippen LogP contribution in [-0.4, -0.2) is 205 Å². The fourth-order valence-corrected chi connectivity index (χ4v) is 9.94. The minimum Gasteiger partial charge on any atom is -0.387 e. The first-order valence-corrected chi connectivity index (χ1v) is 21.9. The van der Waals surface area contributed by atoms with Crippen molar-refractivity contribution in [3.05, 3.63) is 25.3 Å². The van der Waals surface area contributed by atoms with Crippen molar-refractivity contribution in [2.24, 2.45) is 0 Å². The van der Waals surface area contributed by atoms with Crippen LogP contribution in [0.1, 0.15) is 53.0 Å². The van der Waals surface area contributed by atoms with E-state index in [0.29, 0.717) is 48.4 Å². The molecule has 4 bridgehead atoms. The molecule has 0 aromatic carbocycles. The molecular weight excluding hydrogens is 901 g/mol. The van der Waals surface area contributed by atoms with Crippen molar-refractivity contribution in [2.45, 2.75) is 124 Å². The second-order valence-electron chi connectivity index (χ2n) is 17.7. The highest BCUT2D eigenvalue weighted by molar-refractivity contribution is 6.12. The number of likely N-dealkylation sites (N-methyl/N-ethyl adjacent to an activating group) is 2. The lowest BCUT2D eigenvalue weighted by molar-refractivity contribution is -0.163. The van der Waals surface area contributed by atoms with Crippen molar-refractivity contribution < 1.29 is 68.0 Å². The summed E-state index contributed by atoms with van der Waals surface area (Å²) in [5, 5.41) is 47.7. The molecule has 0 saturated carbocycles. The predicted octanol–water partition coefficient (Wildman–Crippen LogP) is -4.21. The smallest absolute Gasteiger partial charge is 0.269 e. The molecular formula is C40H54N14O14. The van der Waals surface area contributed by atoms with Gasteiger partial charge in [0.15, 0.2) is 35.4 Å². The summed E-state index contributed by atoms with van der Waals surface area (Å²) in [4.78, 5) is 79.6. The number of amides is 4. The molecule has 6 fully saturated rings. The summed E-state index contributed by atoms with van der Waals surface area (Å²) in [7, 11) is 3.16. The van der Waals surface area contributed by atoms with E-state index in [1.54, 1.807) is 41.8 Å². The first-order valence-electron chi connectivity index (χ1n) is 21.9. The summed E-state index contributed by atoms with van der Waals surface area (Å²) in [6, 6.07) is 0. The van der Waals surface area contributed by atoms with Crippen molar-refractivity contribution >= 4 is 57.6 Å².